The molecule has 0 bridgehead atoms. The predicted molar refractivity (Wildman–Crippen MR) is 127 cm³/mol. The van der Waals surface area contributed by atoms with Crippen LogP contribution in [0.4, 0.5) is 5.69 Å². The van der Waals surface area contributed by atoms with Crippen LogP contribution in [0.2, 0.25) is 0 Å². The number of rotatable bonds is 4. The number of ether oxygens (including phenoxy) is 1. The number of dihydropyridines is 1. The first kappa shape index (κ1) is 21.8. The van der Waals surface area contributed by atoms with Crippen molar-refractivity contribution < 1.29 is 23.7 Å². The fourth-order valence-corrected chi connectivity index (χ4v) is 5.03. The van der Waals surface area contributed by atoms with Crippen LogP contribution < -0.4 is 5.32 Å². The third kappa shape index (κ3) is 3.28. The van der Waals surface area contributed by atoms with Gasteiger partial charge in [-0.15, -0.1) is 0 Å². The second-order valence-corrected chi connectivity index (χ2v) is 8.73. The van der Waals surface area contributed by atoms with Gasteiger partial charge in [0.15, 0.2) is 5.78 Å². The number of nitrogens with zero attached hydrogens (tertiary/aromatic N) is 1. The lowest BCUT2D eigenvalue weighted by atomic mass is 9.83. The van der Waals surface area contributed by atoms with Gasteiger partial charge in [-0.25, -0.2) is 4.79 Å². The number of hydrogen-bond acceptors (Lipinski definition) is 7. The van der Waals surface area contributed by atoms with Crippen LogP contribution in [-0.2, 0) is 9.53 Å². The molecule has 5 rings (SSSR count). The standard InChI is InChI=1S/C25H17BrN2O6/c1-12-20(25(30)33-2)21(22-23(27-12)14-5-3-4-6-15(14)24(22)29)19-10-9-18(34-19)16-8-7-13(28(31)32)11-17(16)26/h3-11,21,27H,1-2H3/t21-/m0/s1. The lowest BCUT2D eigenvalue weighted by molar-refractivity contribution is -0.384. The molecule has 0 unspecified atom stereocenters. The lowest BCUT2D eigenvalue weighted by Crippen LogP contribution is -2.28. The molecule has 2 heterocycles. The first-order chi connectivity index (χ1) is 16.3. The van der Waals surface area contributed by atoms with Crippen LogP contribution in [0.25, 0.3) is 17.0 Å². The number of allylic oxidation sites excluding steroid dienone is 2. The number of hydrogen-bond donors (Lipinski definition) is 1. The number of ketones is 1. The Morgan fingerprint density at radius 3 is 2.53 bits per heavy atom. The Bertz CT molecular complexity index is 1470. The molecule has 0 saturated heterocycles. The summed E-state index contributed by atoms with van der Waals surface area (Å²) in [4.78, 5) is 36.8. The minimum absolute atomic E-state index is 0.0589. The summed E-state index contributed by atoms with van der Waals surface area (Å²) in [7, 11) is 1.29. The number of fused-ring (bicyclic) bond motifs is 2. The van der Waals surface area contributed by atoms with Crippen molar-refractivity contribution in [3.63, 3.8) is 0 Å². The van der Waals surface area contributed by atoms with Crippen LogP contribution in [0.1, 0.15) is 34.5 Å². The van der Waals surface area contributed by atoms with Crippen LogP contribution in [0.15, 0.2) is 80.3 Å². The molecule has 1 aliphatic heterocycles. The topological polar surface area (TPSA) is 112 Å². The highest BCUT2D eigenvalue weighted by atomic mass is 79.9. The number of benzene rings is 2. The summed E-state index contributed by atoms with van der Waals surface area (Å²) in [6, 6.07) is 15.0. The normalized spacial score (nSPS) is 16.8. The fourth-order valence-electron chi connectivity index (χ4n) is 4.46. The van der Waals surface area contributed by atoms with Crippen molar-refractivity contribution in [2.45, 2.75) is 12.8 Å². The monoisotopic (exact) mass is 520 g/mol. The maximum Gasteiger partial charge on any atom is 0.336 e. The van der Waals surface area contributed by atoms with Crippen molar-refractivity contribution in [1.29, 1.82) is 0 Å². The molecule has 3 aromatic rings. The van der Waals surface area contributed by atoms with Gasteiger partial charge in [0.25, 0.3) is 5.69 Å². The first-order valence-electron chi connectivity index (χ1n) is 10.3. The van der Waals surface area contributed by atoms with Crippen molar-refractivity contribution in [3.8, 4) is 11.3 Å². The summed E-state index contributed by atoms with van der Waals surface area (Å²) >= 11 is 3.37. The molecule has 1 aliphatic carbocycles. The van der Waals surface area contributed by atoms with E-state index in [1.54, 1.807) is 37.3 Å². The van der Waals surface area contributed by atoms with Gasteiger partial charge in [-0.3, -0.25) is 14.9 Å². The first-order valence-corrected chi connectivity index (χ1v) is 11.1. The third-order valence-corrected chi connectivity index (χ3v) is 6.65. The zero-order chi connectivity index (χ0) is 24.1. The summed E-state index contributed by atoms with van der Waals surface area (Å²) in [5, 5.41) is 14.3. The van der Waals surface area contributed by atoms with Gasteiger partial charge in [0.1, 0.15) is 11.5 Å². The Labute approximate surface area is 202 Å². The fraction of sp³-hybridized carbons (Fsp3) is 0.120. The lowest BCUT2D eigenvalue weighted by Gasteiger charge is -2.27. The number of halogens is 1. The van der Waals surface area contributed by atoms with Gasteiger partial charge >= 0.3 is 5.97 Å². The number of methoxy groups -OCH3 is 1. The van der Waals surface area contributed by atoms with E-state index in [2.05, 4.69) is 21.2 Å². The maximum atomic E-state index is 13.4. The Morgan fingerprint density at radius 1 is 1.12 bits per heavy atom. The number of nitro benzene ring substituents is 1. The maximum absolute atomic E-state index is 13.4. The number of furan rings is 1. The van der Waals surface area contributed by atoms with Crippen LogP contribution in [0.5, 0.6) is 0 Å². The van der Waals surface area contributed by atoms with Gasteiger partial charge in [-0.1, -0.05) is 24.3 Å². The van der Waals surface area contributed by atoms with E-state index in [1.165, 1.54) is 19.2 Å². The van der Waals surface area contributed by atoms with E-state index >= 15 is 0 Å². The van der Waals surface area contributed by atoms with Crippen molar-refractivity contribution in [2.24, 2.45) is 0 Å². The van der Waals surface area contributed by atoms with E-state index < -0.39 is 16.8 Å². The van der Waals surface area contributed by atoms with E-state index in [0.29, 0.717) is 44.1 Å². The average Bonchev–Trinajstić information content (AvgIpc) is 3.41. The van der Waals surface area contributed by atoms with E-state index in [-0.39, 0.29) is 17.0 Å². The molecule has 0 amide bonds. The Balaban J connectivity index is 1.65. The summed E-state index contributed by atoms with van der Waals surface area (Å²) < 4.78 is 11.7. The number of nitro groups is 1. The zero-order valence-corrected chi connectivity index (χ0v) is 19.6. The number of carbonyl (C=O) groups is 2. The number of Topliss-reactive ketones (excluding diaryl/α,β-unsaturated/α-hetero) is 1. The molecule has 0 spiro atoms. The molecule has 2 aromatic carbocycles. The van der Waals surface area contributed by atoms with Gasteiger partial charge < -0.3 is 14.5 Å². The van der Waals surface area contributed by atoms with Gasteiger partial charge in [0.05, 0.1) is 29.2 Å². The van der Waals surface area contributed by atoms with Crippen molar-refractivity contribution in [1.82, 2.24) is 5.32 Å². The van der Waals surface area contributed by atoms with Crippen LogP contribution in [0.3, 0.4) is 0 Å². The SMILES string of the molecule is COC(=O)C1=C(C)NC2=C(C(=O)c3ccccc32)[C@H]1c1ccc(-c2ccc([N+](=O)[O-])cc2Br)o1. The molecular weight excluding hydrogens is 504 g/mol. The quantitative estimate of drug-likeness (QED) is 0.280. The number of esters is 1. The molecule has 1 aromatic heterocycles. The molecule has 0 saturated carbocycles. The second kappa shape index (κ2) is 8.11. The highest BCUT2D eigenvalue weighted by molar-refractivity contribution is 9.10. The van der Waals surface area contributed by atoms with E-state index in [9.17, 15) is 19.7 Å². The Kier molecular flexibility index (Phi) is 5.21. The summed E-state index contributed by atoms with van der Waals surface area (Å²) in [6.45, 7) is 1.76. The van der Waals surface area contributed by atoms with Crippen LogP contribution in [0, 0.1) is 10.1 Å². The molecule has 0 radical (unpaired) electrons. The molecule has 2 aliphatic rings. The molecule has 1 N–H and O–H groups in total. The van der Waals surface area contributed by atoms with Gasteiger partial charge in [-0.2, -0.15) is 0 Å². The molecule has 1 atom stereocenters. The predicted octanol–water partition coefficient (Wildman–Crippen LogP) is 5.36. The van der Waals surface area contributed by atoms with E-state index in [4.69, 9.17) is 9.15 Å². The minimum atomic E-state index is -0.783. The average molecular weight is 521 g/mol. The number of nitrogens with one attached hydrogen (secondary N) is 1. The largest absolute Gasteiger partial charge is 0.466 e. The van der Waals surface area contributed by atoms with Gasteiger partial charge in [-0.05, 0) is 41.1 Å². The summed E-state index contributed by atoms with van der Waals surface area (Å²) in [5.41, 5.74) is 3.76. The molecule has 170 valence electrons. The molecule has 0 fully saturated rings. The van der Waals surface area contributed by atoms with Crippen molar-refractivity contribution in [3.05, 3.63) is 103 Å². The van der Waals surface area contributed by atoms with Crippen LogP contribution >= 0.6 is 15.9 Å². The van der Waals surface area contributed by atoms with E-state index in [1.807, 2.05) is 12.1 Å². The van der Waals surface area contributed by atoms with Gasteiger partial charge in [0, 0.05) is 44.6 Å². The summed E-state index contributed by atoms with van der Waals surface area (Å²) in [6.07, 6.45) is 0. The number of non-ortho nitro benzene ring substituents is 1. The van der Waals surface area contributed by atoms with Gasteiger partial charge in [0.2, 0.25) is 0 Å². The Morgan fingerprint density at radius 2 is 1.85 bits per heavy atom. The highest BCUT2D eigenvalue weighted by Gasteiger charge is 2.44. The van der Waals surface area contributed by atoms with Crippen molar-refractivity contribution in [2.75, 3.05) is 7.11 Å². The second-order valence-electron chi connectivity index (χ2n) is 7.87. The summed E-state index contributed by atoms with van der Waals surface area (Å²) in [5.74, 6) is -0.724. The van der Waals surface area contributed by atoms with Crippen LogP contribution in [-0.4, -0.2) is 23.8 Å². The molecule has 9 heteroatoms. The smallest absolute Gasteiger partial charge is 0.336 e. The zero-order valence-electron chi connectivity index (χ0n) is 18.0. The number of carbonyl (C=O) groups excluding carboxylic acids is 2. The highest BCUT2D eigenvalue weighted by Crippen LogP contribution is 2.47. The third-order valence-electron chi connectivity index (χ3n) is 5.99. The molecule has 8 nitrogen and oxygen atoms in total. The van der Waals surface area contributed by atoms with Crippen molar-refractivity contribution >= 4 is 39.1 Å². The van der Waals surface area contributed by atoms with E-state index in [0.717, 1.165) is 5.56 Å². The molecular formula is C25H17BrN2O6. The Hall–Kier alpha value is -3.98. The minimum Gasteiger partial charge on any atom is -0.466 e. The molecule has 34 heavy (non-hydrogen) atoms.